The molecule has 3 aromatic heterocycles. The molecule has 0 bridgehead atoms. The van der Waals surface area contributed by atoms with Crippen molar-refractivity contribution in [2.24, 2.45) is 10.7 Å². The first-order chi connectivity index (χ1) is 13.3. The fourth-order valence-electron chi connectivity index (χ4n) is 2.95. The summed E-state index contributed by atoms with van der Waals surface area (Å²) in [7, 11) is 0. The maximum absolute atomic E-state index is 6.21. The molecule has 3 aromatic rings. The zero-order valence-electron chi connectivity index (χ0n) is 14.9. The summed E-state index contributed by atoms with van der Waals surface area (Å²) in [6, 6.07) is 7.59. The van der Waals surface area contributed by atoms with Crippen molar-refractivity contribution in [2.75, 3.05) is 31.1 Å². The second-order valence-electron chi connectivity index (χ2n) is 6.17. The number of nitrogens with zero attached hydrogens (tertiary/aromatic N) is 8. The first kappa shape index (κ1) is 17.0. The summed E-state index contributed by atoms with van der Waals surface area (Å²) in [5.74, 6) is 2.08. The number of anilines is 1. The average Bonchev–Trinajstić information content (AvgIpc) is 3.28. The Morgan fingerprint density at radius 3 is 2.56 bits per heavy atom. The molecular weight excluding hydrogens is 342 g/mol. The molecule has 1 fully saturated rings. The monoisotopic (exact) mass is 363 g/mol. The number of guanidine groups is 1. The number of aromatic nitrogens is 5. The van der Waals surface area contributed by atoms with E-state index in [0.29, 0.717) is 12.5 Å². The molecule has 4 rings (SSSR count). The second kappa shape index (κ2) is 7.81. The molecule has 0 aromatic carbocycles. The summed E-state index contributed by atoms with van der Waals surface area (Å²) in [5, 5.41) is 4.20. The third-order valence-electron chi connectivity index (χ3n) is 4.41. The molecule has 1 aliphatic rings. The molecule has 2 N–H and O–H groups in total. The van der Waals surface area contributed by atoms with E-state index in [0.717, 1.165) is 43.5 Å². The molecular formula is C18H21N9. The molecule has 9 nitrogen and oxygen atoms in total. The molecule has 27 heavy (non-hydrogen) atoms. The summed E-state index contributed by atoms with van der Waals surface area (Å²) in [5.41, 5.74) is 7.24. The highest BCUT2D eigenvalue weighted by Gasteiger charge is 2.19. The molecule has 0 saturated carbocycles. The van der Waals surface area contributed by atoms with Crippen molar-refractivity contribution >= 4 is 11.9 Å². The number of hydrogen-bond donors (Lipinski definition) is 1. The van der Waals surface area contributed by atoms with Gasteiger partial charge in [0.15, 0.2) is 11.8 Å². The van der Waals surface area contributed by atoms with E-state index in [1.54, 1.807) is 29.5 Å². The maximum atomic E-state index is 6.21. The normalized spacial score (nSPS) is 15.2. The van der Waals surface area contributed by atoms with Crippen LogP contribution in [0.3, 0.4) is 0 Å². The van der Waals surface area contributed by atoms with Gasteiger partial charge in [-0.2, -0.15) is 5.10 Å². The Morgan fingerprint density at radius 1 is 1.00 bits per heavy atom. The number of rotatable bonds is 4. The predicted molar refractivity (Wildman–Crippen MR) is 103 cm³/mol. The van der Waals surface area contributed by atoms with Crippen LogP contribution in [0.2, 0.25) is 0 Å². The standard InChI is InChI=1S/C18H21N9/c19-17(25-9-11-26(12-10-25)18-21-4-1-5-22-18)23-14-15-3-7-20-16(13-15)27-8-2-6-24-27/h1-8,13H,9-12,14H2,(H2,19,23). The molecule has 0 unspecified atom stereocenters. The molecule has 0 amide bonds. The van der Waals surface area contributed by atoms with Gasteiger partial charge >= 0.3 is 0 Å². The van der Waals surface area contributed by atoms with E-state index in [1.165, 1.54) is 0 Å². The average molecular weight is 363 g/mol. The van der Waals surface area contributed by atoms with E-state index in [4.69, 9.17) is 5.73 Å². The van der Waals surface area contributed by atoms with Gasteiger partial charge in [-0.15, -0.1) is 0 Å². The van der Waals surface area contributed by atoms with E-state index in [9.17, 15) is 0 Å². The molecule has 1 saturated heterocycles. The first-order valence-corrected chi connectivity index (χ1v) is 8.81. The van der Waals surface area contributed by atoms with Gasteiger partial charge in [-0.05, 0) is 29.8 Å². The largest absolute Gasteiger partial charge is 0.370 e. The Balaban J connectivity index is 1.36. The van der Waals surface area contributed by atoms with Crippen LogP contribution in [0.25, 0.3) is 5.82 Å². The number of aliphatic imine (C=N–C) groups is 1. The lowest BCUT2D eigenvalue weighted by Gasteiger charge is -2.35. The molecule has 0 radical (unpaired) electrons. The molecule has 0 atom stereocenters. The van der Waals surface area contributed by atoms with Crippen LogP contribution >= 0.6 is 0 Å². The van der Waals surface area contributed by atoms with Gasteiger partial charge in [-0.25, -0.2) is 24.6 Å². The molecule has 0 aliphatic carbocycles. The van der Waals surface area contributed by atoms with Crippen LogP contribution in [0.1, 0.15) is 5.56 Å². The van der Waals surface area contributed by atoms with Gasteiger partial charge < -0.3 is 15.5 Å². The van der Waals surface area contributed by atoms with Crippen molar-refractivity contribution in [3.05, 3.63) is 60.8 Å². The maximum Gasteiger partial charge on any atom is 0.225 e. The lowest BCUT2D eigenvalue weighted by molar-refractivity contribution is 0.378. The van der Waals surface area contributed by atoms with Crippen LogP contribution in [0, 0.1) is 0 Å². The predicted octanol–water partition coefficient (Wildman–Crippen LogP) is 0.694. The first-order valence-electron chi connectivity index (χ1n) is 8.81. The van der Waals surface area contributed by atoms with Gasteiger partial charge in [0, 0.05) is 57.2 Å². The second-order valence-corrected chi connectivity index (χ2v) is 6.17. The highest BCUT2D eigenvalue weighted by Crippen LogP contribution is 2.11. The van der Waals surface area contributed by atoms with Gasteiger partial charge in [0.25, 0.3) is 0 Å². The summed E-state index contributed by atoms with van der Waals surface area (Å²) in [6.07, 6.45) is 8.87. The molecule has 1 aliphatic heterocycles. The van der Waals surface area contributed by atoms with E-state index in [-0.39, 0.29) is 0 Å². The topological polar surface area (TPSA) is 101 Å². The number of hydrogen-bond acceptors (Lipinski definition) is 6. The van der Waals surface area contributed by atoms with Gasteiger partial charge in [0.1, 0.15) is 0 Å². The van der Waals surface area contributed by atoms with Crippen LogP contribution in [0.4, 0.5) is 5.95 Å². The zero-order chi connectivity index (χ0) is 18.5. The van der Waals surface area contributed by atoms with Crippen molar-refractivity contribution < 1.29 is 0 Å². The molecule has 9 heteroatoms. The molecule has 4 heterocycles. The Labute approximate surface area is 157 Å². The highest BCUT2D eigenvalue weighted by molar-refractivity contribution is 5.78. The Hall–Kier alpha value is -3.49. The van der Waals surface area contributed by atoms with Crippen LogP contribution in [-0.2, 0) is 6.54 Å². The van der Waals surface area contributed by atoms with Gasteiger partial charge in [0.05, 0.1) is 6.54 Å². The fraction of sp³-hybridized carbons (Fsp3) is 0.278. The van der Waals surface area contributed by atoms with E-state index >= 15 is 0 Å². The minimum atomic E-state index is 0.505. The van der Waals surface area contributed by atoms with E-state index in [2.05, 4.69) is 34.8 Å². The third kappa shape index (κ3) is 4.02. The minimum Gasteiger partial charge on any atom is -0.370 e. The van der Waals surface area contributed by atoms with Crippen molar-refractivity contribution in [1.82, 2.24) is 29.6 Å². The van der Waals surface area contributed by atoms with Crippen molar-refractivity contribution in [3.63, 3.8) is 0 Å². The van der Waals surface area contributed by atoms with Gasteiger partial charge in [0.2, 0.25) is 5.95 Å². The molecule has 138 valence electrons. The molecule has 0 spiro atoms. The highest BCUT2D eigenvalue weighted by atomic mass is 15.4. The van der Waals surface area contributed by atoms with Gasteiger partial charge in [-0.1, -0.05) is 0 Å². The number of piperazine rings is 1. The number of pyridine rings is 1. The fourth-order valence-corrected chi connectivity index (χ4v) is 2.95. The Bertz CT molecular complexity index is 884. The zero-order valence-corrected chi connectivity index (χ0v) is 14.9. The van der Waals surface area contributed by atoms with Crippen LogP contribution in [0.5, 0.6) is 0 Å². The van der Waals surface area contributed by atoms with Crippen molar-refractivity contribution in [3.8, 4) is 5.82 Å². The third-order valence-corrected chi connectivity index (χ3v) is 4.41. The van der Waals surface area contributed by atoms with E-state index in [1.807, 2.05) is 30.5 Å². The van der Waals surface area contributed by atoms with Crippen LogP contribution < -0.4 is 10.6 Å². The smallest absolute Gasteiger partial charge is 0.225 e. The van der Waals surface area contributed by atoms with E-state index < -0.39 is 0 Å². The SMILES string of the molecule is NC(=NCc1ccnc(-n2cccn2)c1)N1CCN(c2ncccn2)CC1. The van der Waals surface area contributed by atoms with Crippen molar-refractivity contribution in [1.29, 1.82) is 0 Å². The summed E-state index contributed by atoms with van der Waals surface area (Å²) in [6.45, 7) is 3.73. The summed E-state index contributed by atoms with van der Waals surface area (Å²) < 4.78 is 1.72. The Kier molecular flexibility index (Phi) is 4.91. The quantitative estimate of drug-likeness (QED) is 0.538. The lowest BCUT2D eigenvalue weighted by atomic mass is 10.2. The number of nitrogens with two attached hydrogens (primary N) is 1. The van der Waals surface area contributed by atoms with Crippen LogP contribution in [-0.4, -0.2) is 61.8 Å². The lowest BCUT2D eigenvalue weighted by Crippen LogP contribution is -2.51. The van der Waals surface area contributed by atoms with Crippen molar-refractivity contribution in [2.45, 2.75) is 6.54 Å². The Morgan fingerprint density at radius 2 is 1.81 bits per heavy atom. The van der Waals surface area contributed by atoms with Crippen LogP contribution in [0.15, 0.2) is 60.2 Å². The van der Waals surface area contributed by atoms with Gasteiger partial charge in [-0.3, -0.25) is 0 Å². The minimum absolute atomic E-state index is 0.505. The summed E-state index contributed by atoms with van der Waals surface area (Å²) >= 11 is 0. The summed E-state index contributed by atoms with van der Waals surface area (Å²) in [4.78, 5) is 21.7.